The minimum Gasteiger partial charge on any atom is -0.367 e. The van der Waals surface area contributed by atoms with Crippen molar-refractivity contribution in [2.75, 3.05) is 20.1 Å². The summed E-state index contributed by atoms with van der Waals surface area (Å²) in [5, 5.41) is 9.99. The fourth-order valence-corrected chi connectivity index (χ4v) is 2.01. The maximum Gasteiger partial charge on any atom is 0.152 e. The number of allylic oxidation sites excluding steroid dienone is 3. The van der Waals surface area contributed by atoms with Gasteiger partial charge in [0.25, 0.3) is 0 Å². The van der Waals surface area contributed by atoms with Crippen molar-refractivity contribution in [3.8, 4) is 0 Å². The molecule has 1 rings (SSSR count). The van der Waals surface area contributed by atoms with Crippen molar-refractivity contribution in [1.29, 1.82) is 0 Å². The summed E-state index contributed by atoms with van der Waals surface area (Å²) in [7, 11) is 1.92. The Balaban J connectivity index is 2.91. The molecule has 4 heteroatoms. The van der Waals surface area contributed by atoms with E-state index in [0.29, 0.717) is 5.57 Å². The molecule has 0 unspecified atom stereocenters. The normalized spacial score (nSPS) is 20.1. The van der Waals surface area contributed by atoms with Gasteiger partial charge in [0.15, 0.2) is 6.29 Å². The monoisotopic (exact) mass is 235 g/mol. The van der Waals surface area contributed by atoms with E-state index in [1.807, 2.05) is 7.05 Å². The second kappa shape index (κ2) is 6.37. The predicted molar refractivity (Wildman–Crippen MR) is 70.5 cm³/mol. The average molecular weight is 235 g/mol. The van der Waals surface area contributed by atoms with E-state index in [9.17, 15) is 4.79 Å². The van der Waals surface area contributed by atoms with Crippen molar-refractivity contribution in [3.05, 3.63) is 36.6 Å². The van der Waals surface area contributed by atoms with Gasteiger partial charge in [0.2, 0.25) is 0 Å². The fraction of sp³-hybridized carbons (Fsp3) is 0.462. The molecule has 0 aromatic carbocycles. The van der Waals surface area contributed by atoms with Crippen molar-refractivity contribution in [1.82, 2.24) is 16.0 Å². The van der Waals surface area contributed by atoms with E-state index in [4.69, 9.17) is 0 Å². The minimum absolute atomic E-state index is 0.175. The second-order valence-corrected chi connectivity index (χ2v) is 4.10. The number of carbonyl (C=O) groups is 1. The van der Waals surface area contributed by atoms with Crippen molar-refractivity contribution in [2.24, 2.45) is 0 Å². The summed E-state index contributed by atoms with van der Waals surface area (Å²) in [5.74, 6) is 0. The topological polar surface area (TPSA) is 53.2 Å². The zero-order valence-electron chi connectivity index (χ0n) is 10.4. The van der Waals surface area contributed by atoms with Gasteiger partial charge in [-0.1, -0.05) is 19.2 Å². The summed E-state index contributed by atoms with van der Waals surface area (Å²) in [6.07, 6.45) is 5.89. The smallest absolute Gasteiger partial charge is 0.152 e. The molecule has 17 heavy (non-hydrogen) atoms. The molecule has 0 atom stereocenters. The lowest BCUT2D eigenvalue weighted by atomic mass is 9.97. The Morgan fingerprint density at radius 1 is 1.29 bits per heavy atom. The molecule has 0 aromatic rings. The van der Waals surface area contributed by atoms with E-state index in [2.05, 4.69) is 29.1 Å². The zero-order valence-corrected chi connectivity index (χ0v) is 10.4. The van der Waals surface area contributed by atoms with Crippen LogP contribution in [-0.2, 0) is 4.79 Å². The van der Waals surface area contributed by atoms with E-state index in [1.165, 1.54) is 0 Å². The predicted octanol–water partition coefficient (Wildman–Crippen LogP) is 0.700. The number of hydrogen-bond acceptors (Lipinski definition) is 4. The molecule has 0 saturated carbocycles. The SMILES string of the molecule is C=C/C(C=O)=C(\C=C)NC1(NC)CCNCC1. The van der Waals surface area contributed by atoms with Gasteiger partial charge in [0, 0.05) is 11.3 Å². The van der Waals surface area contributed by atoms with Crippen molar-refractivity contribution in [3.63, 3.8) is 0 Å². The van der Waals surface area contributed by atoms with Crippen molar-refractivity contribution in [2.45, 2.75) is 18.5 Å². The molecular formula is C13H21N3O. The van der Waals surface area contributed by atoms with Gasteiger partial charge in [-0.25, -0.2) is 0 Å². The Bertz CT molecular complexity index is 318. The lowest BCUT2D eigenvalue weighted by Gasteiger charge is -2.39. The summed E-state index contributed by atoms with van der Waals surface area (Å²) < 4.78 is 0. The van der Waals surface area contributed by atoms with Crippen LogP contribution in [0.15, 0.2) is 36.6 Å². The molecule has 0 aromatic heterocycles. The number of carbonyl (C=O) groups excluding carboxylic acids is 1. The highest BCUT2D eigenvalue weighted by Crippen LogP contribution is 2.17. The van der Waals surface area contributed by atoms with E-state index < -0.39 is 0 Å². The van der Waals surface area contributed by atoms with Crippen LogP contribution in [-0.4, -0.2) is 32.1 Å². The third kappa shape index (κ3) is 3.28. The molecule has 94 valence electrons. The van der Waals surface area contributed by atoms with Crippen LogP contribution in [0, 0.1) is 0 Å². The van der Waals surface area contributed by atoms with E-state index in [0.717, 1.165) is 37.9 Å². The van der Waals surface area contributed by atoms with Crippen molar-refractivity contribution < 1.29 is 4.79 Å². The molecule has 1 aliphatic rings. The molecule has 1 heterocycles. The van der Waals surface area contributed by atoms with Crippen LogP contribution >= 0.6 is 0 Å². The molecule has 0 amide bonds. The molecule has 0 spiro atoms. The molecule has 3 N–H and O–H groups in total. The van der Waals surface area contributed by atoms with Crippen LogP contribution in [0.1, 0.15) is 12.8 Å². The van der Waals surface area contributed by atoms with E-state index in [-0.39, 0.29) is 5.66 Å². The highest BCUT2D eigenvalue weighted by Gasteiger charge is 2.30. The van der Waals surface area contributed by atoms with Crippen LogP contribution in [0.2, 0.25) is 0 Å². The third-order valence-corrected chi connectivity index (χ3v) is 3.17. The Morgan fingerprint density at radius 3 is 2.35 bits per heavy atom. The number of hydrogen-bond donors (Lipinski definition) is 3. The molecule has 1 fully saturated rings. The van der Waals surface area contributed by atoms with Gasteiger partial charge < -0.3 is 10.6 Å². The summed E-state index contributed by atoms with van der Waals surface area (Å²) >= 11 is 0. The first-order valence-corrected chi connectivity index (χ1v) is 5.83. The summed E-state index contributed by atoms with van der Waals surface area (Å²) in [6, 6.07) is 0. The Kier molecular flexibility index (Phi) is 5.12. The molecule has 0 bridgehead atoms. The molecule has 1 aliphatic heterocycles. The van der Waals surface area contributed by atoms with Crippen LogP contribution in [0.5, 0.6) is 0 Å². The summed E-state index contributed by atoms with van der Waals surface area (Å²) in [4.78, 5) is 10.9. The zero-order chi connectivity index (χ0) is 12.7. The summed E-state index contributed by atoms with van der Waals surface area (Å²) in [6.45, 7) is 9.27. The molecule has 1 saturated heterocycles. The lowest BCUT2D eigenvalue weighted by Crippen LogP contribution is -2.60. The summed E-state index contributed by atoms with van der Waals surface area (Å²) in [5.41, 5.74) is 1.09. The Morgan fingerprint density at radius 2 is 1.94 bits per heavy atom. The van der Waals surface area contributed by atoms with Gasteiger partial charge in [-0.3, -0.25) is 10.1 Å². The number of rotatable bonds is 6. The number of piperidine rings is 1. The van der Waals surface area contributed by atoms with Gasteiger partial charge >= 0.3 is 0 Å². The quantitative estimate of drug-likeness (QED) is 0.274. The van der Waals surface area contributed by atoms with Gasteiger partial charge in [-0.15, -0.1) is 0 Å². The minimum atomic E-state index is -0.175. The lowest BCUT2D eigenvalue weighted by molar-refractivity contribution is -0.104. The largest absolute Gasteiger partial charge is 0.367 e. The standard InChI is InChI=1S/C13H21N3O/c1-4-11(10-17)12(5-2)16-13(14-3)6-8-15-9-7-13/h4-5,10,14-16H,1-2,6-9H2,3H3/b12-11-. The van der Waals surface area contributed by atoms with Crippen LogP contribution in [0.25, 0.3) is 0 Å². The first-order chi connectivity index (χ1) is 8.21. The fourth-order valence-electron chi connectivity index (χ4n) is 2.01. The highest BCUT2D eigenvalue weighted by atomic mass is 16.1. The Hall–Kier alpha value is -1.39. The maximum absolute atomic E-state index is 10.9. The molecule has 4 nitrogen and oxygen atoms in total. The van der Waals surface area contributed by atoms with Gasteiger partial charge in [0.05, 0.1) is 5.66 Å². The molecule has 0 aliphatic carbocycles. The second-order valence-electron chi connectivity index (χ2n) is 4.10. The van der Waals surface area contributed by atoms with Crippen molar-refractivity contribution >= 4 is 6.29 Å². The third-order valence-electron chi connectivity index (χ3n) is 3.17. The van der Waals surface area contributed by atoms with Crippen LogP contribution in [0.4, 0.5) is 0 Å². The molecular weight excluding hydrogens is 214 g/mol. The Labute approximate surface area is 103 Å². The first kappa shape index (κ1) is 13.7. The average Bonchev–Trinajstić information content (AvgIpc) is 2.40. The highest BCUT2D eigenvalue weighted by molar-refractivity contribution is 5.79. The maximum atomic E-state index is 10.9. The molecule has 0 radical (unpaired) electrons. The number of aldehydes is 1. The van der Waals surface area contributed by atoms with Crippen LogP contribution < -0.4 is 16.0 Å². The van der Waals surface area contributed by atoms with E-state index in [1.54, 1.807) is 12.2 Å². The number of nitrogens with one attached hydrogen (secondary N) is 3. The van der Waals surface area contributed by atoms with Crippen LogP contribution in [0.3, 0.4) is 0 Å². The van der Waals surface area contributed by atoms with Gasteiger partial charge in [0.1, 0.15) is 0 Å². The van der Waals surface area contributed by atoms with Gasteiger partial charge in [-0.05, 0) is 39.1 Å². The van der Waals surface area contributed by atoms with Gasteiger partial charge in [-0.2, -0.15) is 0 Å². The first-order valence-electron chi connectivity index (χ1n) is 5.83. The van der Waals surface area contributed by atoms with E-state index >= 15 is 0 Å².